The van der Waals surface area contributed by atoms with Crippen LogP contribution in [0.2, 0.25) is 0 Å². The number of hydrogen-bond acceptors (Lipinski definition) is 9. The highest BCUT2D eigenvalue weighted by Crippen LogP contribution is 2.36. The van der Waals surface area contributed by atoms with E-state index in [-0.39, 0.29) is 30.0 Å². The third-order valence-corrected chi connectivity index (χ3v) is 9.81. The van der Waals surface area contributed by atoms with E-state index in [1.165, 1.54) is 0 Å². The van der Waals surface area contributed by atoms with Crippen LogP contribution in [0.25, 0.3) is 11.3 Å². The number of para-hydroxylation sites is 1. The van der Waals surface area contributed by atoms with Crippen LogP contribution in [0.1, 0.15) is 32.1 Å². The van der Waals surface area contributed by atoms with Gasteiger partial charge < -0.3 is 39.9 Å². The highest BCUT2D eigenvalue weighted by atomic mass is 16.5. The summed E-state index contributed by atoms with van der Waals surface area (Å²) in [5.41, 5.74) is 9.48. The van der Waals surface area contributed by atoms with Crippen LogP contribution >= 0.6 is 0 Å². The Bertz CT molecular complexity index is 1560. The molecule has 0 radical (unpaired) electrons. The molecule has 242 valence electrons. The number of piperidine rings is 1. The van der Waals surface area contributed by atoms with Gasteiger partial charge in [-0.05, 0) is 49.6 Å². The summed E-state index contributed by atoms with van der Waals surface area (Å²) in [4.78, 5) is 21.8. The number of phenols is 1. The van der Waals surface area contributed by atoms with Gasteiger partial charge in [0.05, 0.1) is 36.7 Å². The number of phenolic OH excluding ortho intramolecular Hbond substituents is 1. The van der Waals surface area contributed by atoms with Gasteiger partial charge in [-0.25, -0.2) is 4.79 Å². The van der Waals surface area contributed by atoms with Crippen LogP contribution < -0.4 is 20.3 Å². The molecule has 3 atom stereocenters. The van der Waals surface area contributed by atoms with Crippen molar-refractivity contribution in [2.45, 2.75) is 56.3 Å². The number of morpholine rings is 1. The Morgan fingerprint density at radius 3 is 2.52 bits per heavy atom. The zero-order chi connectivity index (χ0) is 31.6. The Hall–Kier alpha value is -4.51. The minimum absolute atomic E-state index is 0.0716. The van der Waals surface area contributed by atoms with Crippen molar-refractivity contribution < 1.29 is 19.4 Å². The second-order valence-electron chi connectivity index (χ2n) is 12.8. The van der Waals surface area contributed by atoms with Gasteiger partial charge >= 0.3 is 6.03 Å². The maximum atomic E-state index is 13.1. The van der Waals surface area contributed by atoms with Crippen LogP contribution in [0.4, 0.5) is 22.0 Å². The lowest BCUT2D eigenvalue weighted by Crippen LogP contribution is -2.65. The zero-order valence-electron chi connectivity index (χ0n) is 26.4. The third-order valence-electron chi connectivity index (χ3n) is 9.81. The minimum Gasteiger partial charge on any atom is -0.507 e. The van der Waals surface area contributed by atoms with Gasteiger partial charge in [0.15, 0.2) is 5.82 Å². The molecule has 3 saturated heterocycles. The van der Waals surface area contributed by atoms with Crippen LogP contribution in [0.5, 0.6) is 11.5 Å². The molecule has 46 heavy (non-hydrogen) atoms. The first-order valence-electron chi connectivity index (χ1n) is 16.4. The summed E-state index contributed by atoms with van der Waals surface area (Å²) in [5.74, 6) is 1.38. The molecule has 4 heterocycles. The van der Waals surface area contributed by atoms with Crippen molar-refractivity contribution >= 4 is 23.2 Å². The molecule has 0 saturated carbocycles. The highest BCUT2D eigenvalue weighted by molar-refractivity contribution is 5.75. The number of fused-ring (bicyclic) bond motifs is 2. The molecule has 3 fully saturated rings. The summed E-state index contributed by atoms with van der Waals surface area (Å²) >= 11 is 0. The molecular formula is C35H43N7O4. The maximum Gasteiger partial charge on any atom is 0.320 e. The molecular weight excluding hydrogens is 582 g/mol. The lowest BCUT2D eigenvalue weighted by atomic mass is 10.0. The van der Waals surface area contributed by atoms with Crippen molar-refractivity contribution in [1.82, 2.24) is 20.0 Å². The average Bonchev–Trinajstić information content (AvgIpc) is 3.08. The molecule has 1 aromatic heterocycles. The van der Waals surface area contributed by atoms with Crippen molar-refractivity contribution in [2.24, 2.45) is 0 Å². The Morgan fingerprint density at radius 2 is 1.78 bits per heavy atom. The second-order valence-corrected chi connectivity index (χ2v) is 12.8. The topological polar surface area (TPSA) is 121 Å². The van der Waals surface area contributed by atoms with Crippen molar-refractivity contribution in [1.29, 1.82) is 0 Å². The molecule has 0 spiro atoms. The number of aromatic hydroxyl groups is 1. The lowest BCUT2D eigenvalue weighted by molar-refractivity contribution is 0.0588. The molecule has 2 bridgehead atoms. The van der Waals surface area contributed by atoms with Crippen molar-refractivity contribution in [3.63, 3.8) is 0 Å². The number of nitrogens with zero attached hydrogens (tertiary/aromatic N) is 6. The standard InChI is InChI=1S/C35H43N7O4/c1-39(24-8-3-2-4-9-24)35(44)40-16-14-28(15-17-40)46-29-11-7-10-25(18-29)42-26-20-41(21-27(42)23-45-22-26)32-19-31(37-38-34(32)36)30-12-5-6-13-33(30)43/h2-3,5-7,10-13,18-19,24,26-28,43H,4,8-9,14-17,20-23H2,1H3,(H2,36,38). The van der Waals surface area contributed by atoms with E-state index in [1.807, 2.05) is 41.1 Å². The summed E-state index contributed by atoms with van der Waals surface area (Å²) in [6.45, 7) is 4.02. The number of urea groups is 1. The number of hydrogen-bond donors (Lipinski definition) is 2. The monoisotopic (exact) mass is 625 g/mol. The molecule has 11 nitrogen and oxygen atoms in total. The zero-order valence-corrected chi connectivity index (χ0v) is 26.4. The molecule has 7 rings (SSSR count). The van der Waals surface area contributed by atoms with Gasteiger partial charge in [-0.3, -0.25) is 0 Å². The number of piperazine rings is 1. The average molecular weight is 626 g/mol. The van der Waals surface area contributed by atoms with Gasteiger partial charge in [0, 0.05) is 69.4 Å². The fourth-order valence-electron chi connectivity index (χ4n) is 7.33. The van der Waals surface area contributed by atoms with E-state index in [9.17, 15) is 9.90 Å². The summed E-state index contributed by atoms with van der Waals surface area (Å²) in [5, 5.41) is 18.9. The number of carbonyl (C=O) groups excluding carboxylic acids is 1. The first kappa shape index (κ1) is 30.2. The van der Waals surface area contributed by atoms with Crippen LogP contribution in [0, 0.1) is 0 Å². The summed E-state index contributed by atoms with van der Waals surface area (Å²) < 4.78 is 12.5. The first-order valence-corrected chi connectivity index (χ1v) is 16.4. The normalized spacial score (nSPS) is 23.3. The quantitative estimate of drug-likeness (QED) is 0.381. The molecule has 2 aromatic carbocycles. The van der Waals surface area contributed by atoms with Crippen LogP contribution in [0.3, 0.4) is 0 Å². The van der Waals surface area contributed by atoms with E-state index in [0.29, 0.717) is 62.5 Å². The van der Waals surface area contributed by atoms with Gasteiger partial charge in [-0.2, -0.15) is 0 Å². The Balaban J connectivity index is 1.000. The lowest BCUT2D eigenvalue weighted by Gasteiger charge is -2.51. The van der Waals surface area contributed by atoms with Crippen molar-refractivity contribution in [3.05, 3.63) is 66.7 Å². The van der Waals surface area contributed by atoms with E-state index in [1.54, 1.807) is 12.1 Å². The Kier molecular flexibility index (Phi) is 8.57. The number of benzene rings is 2. The van der Waals surface area contributed by atoms with Gasteiger partial charge in [-0.1, -0.05) is 30.4 Å². The summed E-state index contributed by atoms with van der Waals surface area (Å²) in [6.07, 6.45) is 9.12. The second kappa shape index (κ2) is 13.1. The number of ether oxygens (including phenoxy) is 2. The predicted molar refractivity (Wildman–Crippen MR) is 178 cm³/mol. The number of amides is 2. The molecule has 11 heteroatoms. The predicted octanol–water partition coefficient (Wildman–Crippen LogP) is 4.53. The molecule has 3 N–H and O–H groups in total. The van der Waals surface area contributed by atoms with Gasteiger partial charge in [0.1, 0.15) is 17.6 Å². The fourth-order valence-corrected chi connectivity index (χ4v) is 7.33. The van der Waals surface area contributed by atoms with E-state index in [2.05, 4.69) is 50.3 Å². The fraction of sp³-hybridized carbons (Fsp3) is 0.457. The van der Waals surface area contributed by atoms with E-state index < -0.39 is 0 Å². The van der Waals surface area contributed by atoms with Gasteiger partial charge in [0.2, 0.25) is 0 Å². The number of nitrogens with two attached hydrogens (primary N) is 1. The van der Waals surface area contributed by atoms with E-state index in [0.717, 1.165) is 49.2 Å². The number of aromatic nitrogens is 2. The summed E-state index contributed by atoms with van der Waals surface area (Å²) in [6, 6.07) is 18.0. The Morgan fingerprint density at radius 1 is 1.00 bits per heavy atom. The number of nitrogen functional groups attached to an aromatic ring is 1. The van der Waals surface area contributed by atoms with E-state index >= 15 is 0 Å². The molecule has 3 unspecified atom stereocenters. The largest absolute Gasteiger partial charge is 0.507 e. The molecule has 3 aliphatic heterocycles. The Labute approximate surface area is 270 Å². The highest BCUT2D eigenvalue weighted by Gasteiger charge is 2.39. The van der Waals surface area contributed by atoms with Gasteiger partial charge in [0.25, 0.3) is 0 Å². The third kappa shape index (κ3) is 6.16. The van der Waals surface area contributed by atoms with Crippen LogP contribution in [-0.2, 0) is 4.74 Å². The number of likely N-dealkylation sites (tertiary alicyclic amines) is 1. The molecule has 4 aliphatic rings. The van der Waals surface area contributed by atoms with Crippen molar-refractivity contribution in [2.75, 3.05) is 62.0 Å². The van der Waals surface area contributed by atoms with Gasteiger partial charge in [-0.15, -0.1) is 10.2 Å². The van der Waals surface area contributed by atoms with Crippen molar-refractivity contribution in [3.8, 4) is 22.8 Å². The minimum atomic E-state index is 0.0716. The first-order chi connectivity index (χ1) is 22.4. The molecule has 3 aromatic rings. The summed E-state index contributed by atoms with van der Waals surface area (Å²) in [7, 11) is 1.94. The van der Waals surface area contributed by atoms with E-state index in [4.69, 9.17) is 15.2 Å². The van der Waals surface area contributed by atoms with Crippen LogP contribution in [-0.4, -0.2) is 102 Å². The smallest absolute Gasteiger partial charge is 0.320 e. The number of anilines is 3. The number of carbonyl (C=O) groups is 1. The molecule has 2 amide bonds. The maximum absolute atomic E-state index is 13.1. The molecule has 1 aliphatic carbocycles. The van der Waals surface area contributed by atoms with Crippen LogP contribution in [0.15, 0.2) is 66.7 Å². The SMILES string of the molecule is CN(C(=O)N1CCC(Oc2cccc(N3C4COCC3CN(c3cc(-c5ccccc5O)nnc3N)C4)c2)CC1)C1CC=CCC1. The number of rotatable bonds is 6. The number of allylic oxidation sites excluding steroid dienone is 1.